The van der Waals surface area contributed by atoms with Gasteiger partial charge in [0.1, 0.15) is 17.3 Å². The largest absolute Gasteiger partial charge is 0.305 e. The van der Waals surface area contributed by atoms with Crippen LogP contribution in [0.3, 0.4) is 0 Å². The number of hydrogen-bond acceptors (Lipinski definition) is 5. The zero-order valence-electron chi connectivity index (χ0n) is 18.7. The molecule has 0 aliphatic carbocycles. The standard InChI is InChI=1S/C24H23FN6O2/c1-15-13-18(32)22(29-30(15)17-10-6-5-9-16(17)25)23(33)27-21-14-19(24(2,3)4)28-31(21)20-11-7-8-12-26-20/h5-14H,1-4H3,(H,27,33). The fourth-order valence-electron chi connectivity index (χ4n) is 3.24. The number of aryl methyl sites for hydroxylation is 1. The highest BCUT2D eigenvalue weighted by Crippen LogP contribution is 2.26. The Balaban J connectivity index is 1.77. The molecule has 8 nitrogen and oxygen atoms in total. The van der Waals surface area contributed by atoms with Crippen LogP contribution in [0.1, 0.15) is 42.6 Å². The summed E-state index contributed by atoms with van der Waals surface area (Å²) < 4.78 is 17.1. The third-order valence-electron chi connectivity index (χ3n) is 4.99. The van der Waals surface area contributed by atoms with Crippen LogP contribution in [0, 0.1) is 12.7 Å². The molecule has 0 aliphatic heterocycles. The minimum absolute atomic E-state index is 0.137. The first-order chi connectivity index (χ1) is 15.6. The molecular weight excluding hydrogens is 423 g/mol. The molecule has 3 aromatic heterocycles. The Kier molecular flexibility index (Phi) is 5.63. The van der Waals surface area contributed by atoms with Crippen molar-refractivity contribution in [3.8, 4) is 11.5 Å². The summed E-state index contributed by atoms with van der Waals surface area (Å²) in [4.78, 5) is 30.0. The summed E-state index contributed by atoms with van der Waals surface area (Å²) in [6, 6.07) is 14.3. The van der Waals surface area contributed by atoms with Crippen molar-refractivity contribution in [2.75, 3.05) is 5.32 Å². The highest BCUT2D eigenvalue weighted by Gasteiger charge is 2.24. The number of anilines is 1. The second-order valence-electron chi connectivity index (χ2n) is 8.58. The molecular formula is C24H23FN6O2. The lowest BCUT2D eigenvalue weighted by molar-refractivity contribution is 0.101. The molecule has 1 amide bonds. The Hall–Kier alpha value is -4.14. The van der Waals surface area contributed by atoms with Gasteiger partial charge in [0.15, 0.2) is 11.5 Å². The maximum absolute atomic E-state index is 14.3. The second kappa shape index (κ2) is 8.42. The van der Waals surface area contributed by atoms with E-state index < -0.39 is 17.2 Å². The lowest BCUT2D eigenvalue weighted by Crippen LogP contribution is -2.27. The number of carbonyl (C=O) groups excluding carboxylic acids is 1. The molecule has 1 aromatic carbocycles. The number of hydrogen-bond donors (Lipinski definition) is 1. The van der Waals surface area contributed by atoms with E-state index >= 15 is 0 Å². The Labute approximate surface area is 189 Å². The zero-order chi connectivity index (χ0) is 23.8. The van der Waals surface area contributed by atoms with E-state index in [2.05, 4.69) is 20.5 Å². The average molecular weight is 446 g/mol. The molecule has 0 unspecified atom stereocenters. The number of nitrogens with one attached hydrogen (secondary N) is 1. The fraction of sp³-hybridized carbons (Fsp3) is 0.208. The highest BCUT2D eigenvalue weighted by atomic mass is 19.1. The van der Waals surface area contributed by atoms with Gasteiger partial charge >= 0.3 is 0 Å². The fourth-order valence-corrected chi connectivity index (χ4v) is 3.24. The van der Waals surface area contributed by atoms with E-state index in [-0.39, 0.29) is 16.8 Å². The SMILES string of the molecule is Cc1cc(=O)c(C(=O)Nc2cc(C(C)(C)C)nn2-c2ccccn2)nn1-c1ccccc1F. The maximum atomic E-state index is 14.3. The average Bonchev–Trinajstić information content (AvgIpc) is 3.19. The van der Waals surface area contributed by atoms with Gasteiger partial charge in [-0.15, -0.1) is 0 Å². The van der Waals surface area contributed by atoms with Crippen molar-refractivity contribution in [3.63, 3.8) is 0 Å². The van der Waals surface area contributed by atoms with Crippen molar-refractivity contribution >= 4 is 11.7 Å². The van der Waals surface area contributed by atoms with Crippen LogP contribution in [0.25, 0.3) is 11.5 Å². The number of para-hydroxylation sites is 1. The minimum Gasteiger partial charge on any atom is -0.305 e. The Morgan fingerprint density at radius 2 is 1.73 bits per heavy atom. The third-order valence-corrected chi connectivity index (χ3v) is 4.99. The van der Waals surface area contributed by atoms with Crippen LogP contribution in [-0.4, -0.2) is 30.5 Å². The van der Waals surface area contributed by atoms with Gasteiger partial charge in [-0.25, -0.2) is 14.1 Å². The molecule has 0 saturated heterocycles. The molecule has 4 aromatic rings. The van der Waals surface area contributed by atoms with E-state index in [1.165, 1.54) is 27.6 Å². The molecule has 0 saturated carbocycles. The lowest BCUT2D eigenvalue weighted by Gasteiger charge is -2.13. The predicted octanol–water partition coefficient (Wildman–Crippen LogP) is 3.81. The van der Waals surface area contributed by atoms with Crippen LogP contribution < -0.4 is 10.7 Å². The molecule has 1 N–H and O–H groups in total. The number of carbonyl (C=O) groups is 1. The molecule has 33 heavy (non-hydrogen) atoms. The van der Waals surface area contributed by atoms with Crippen molar-refractivity contribution in [1.29, 1.82) is 0 Å². The summed E-state index contributed by atoms with van der Waals surface area (Å²) in [5, 5.41) is 11.5. The number of halogens is 1. The summed E-state index contributed by atoms with van der Waals surface area (Å²) in [5.41, 5.74) is 0.0310. The number of benzene rings is 1. The summed E-state index contributed by atoms with van der Waals surface area (Å²) in [6.07, 6.45) is 1.62. The first-order valence-electron chi connectivity index (χ1n) is 10.3. The molecule has 3 heterocycles. The van der Waals surface area contributed by atoms with Gasteiger partial charge in [-0.2, -0.15) is 14.9 Å². The maximum Gasteiger partial charge on any atom is 0.281 e. The highest BCUT2D eigenvalue weighted by molar-refractivity contribution is 6.02. The number of rotatable bonds is 4. The molecule has 0 aliphatic rings. The second-order valence-corrected chi connectivity index (χ2v) is 8.58. The molecule has 0 atom stereocenters. The molecule has 4 rings (SSSR count). The van der Waals surface area contributed by atoms with Crippen molar-refractivity contribution in [3.05, 3.63) is 93.9 Å². The van der Waals surface area contributed by atoms with Gasteiger partial charge in [0.05, 0.1) is 5.69 Å². The number of aromatic nitrogens is 5. The van der Waals surface area contributed by atoms with Gasteiger partial charge in [0, 0.05) is 29.4 Å². The van der Waals surface area contributed by atoms with Gasteiger partial charge in [-0.1, -0.05) is 39.0 Å². The zero-order valence-corrected chi connectivity index (χ0v) is 18.7. The van der Waals surface area contributed by atoms with E-state index in [4.69, 9.17) is 0 Å². The molecule has 0 bridgehead atoms. The number of nitrogens with zero attached hydrogens (tertiary/aromatic N) is 5. The molecule has 0 fully saturated rings. The van der Waals surface area contributed by atoms with Crippen LogP contribution >= 0.6 is 0 Å². The van der Waals surface area contributed by atoms with Crippen LogP contribution in [0.15, 0.2) is 65.6 Å². The number of amides is 1. The van der Waals surface area contributed by atoms with Crippen LogP contribution in [0.4, 0.5) is 10.2 Å². The smallest absolute Gasteiger partial charge is 0.281 e. The van der Waals surface area contributed by atoms with E-state index in [0.29, 0.717) is 17.3 Å². The summed E-state index contributed by atoms with van der Waals surface area (Å²) in [7, 11) is 0. The van der Waals surface area contributed by atoms with Crippen molar-refractivity contribution in [1.82, 2.24) is 24.5 Å². The van der Waals surface area contributed by atoms with Crippen LogP contribution in [-0.2, 0) is 5.41 Å². The molecule has 168 valence electrons. The predicted molar refractivity (Wildman–Crippen MR) is 123 cm³/mol. The van der Waals surface area contributed by atoms with E-state index in [9.17, 15) is 14.0 Å². The van der Waals surface area contributed by atoms with Gasteiger partial charge < -0.3 is 5.32 Å². The minimum atomic E-state index is -0.734. The van der Waals surface area contributed by atoms with Gasteiger partial charge in [-0.3, -0.25) is 9.59 Å². The van der Waals surface area contributed by atoms with E-state index in [0.717, 1.165) is 5.69 Å². The van der Waals surface area contributed by atoms with E-state index in [1.54, 1.807) is 49.5 Å². The summed E-state index contributed by atoms with van der Waals surface area (Å²) >= 11 is 0. The molecule has 9 heteroatoms. The van der Waals surface area contributed by atoms with Crippen molar-refractivity contribution in [2.24, 2.45) is 0 Å². The molecule has 0 radical (unpaired) electrons. The normalized spacial score (nSPS) is 11.4. The van der Waals surface area contributed by atoms with Crippen molar-refractivity contribution < 1.29 is 9.18 Å². The summed E-state index contributed by atoms with van der Waals surface area (Å²) in [5.74, 6) is -0.416. The Morgan fingerprint density at radius 3 is 2.39 bits per heavy atom. The first-order valence-corrected chi connectivity index (χ1v) is 10.3. The third kappa shape index (κ3) is 4.43. The van der Waals surface area contributed by atoms with Crippen molar-refractivity contribution in [2.45, 2.75) is 33.1 Å². The monoisotopic (exact) mass is 446 g/mol. The lowest BCUT2D eigenvalue weighted by atomic mass is 9.92. The van der Waals surface area contributed by atoms with Crippen LogP contribution in [0.2, 0.25) is 0 Å². The quantitative estimate of drug-likeness (QED) is 0.514. The Morgan fingerprint density at radius 1 is 1.00 bits per heavy atom. The van der Waals surface area contributed by atoms with Crippen LogP contribution in [0.5, 0.6) is 0 Å². The van der Waals surface area contributed by atoms with E-state index in [1.807, 2.05) is 20.8 Å². The Bertz CT molecular complexity index is 1390. The van der Waals surface area contributed by atoms with Gasteiger partial charge in [0.2, 0.25) is 5.43 Å². The topological polar surface area (TPSA) is 94.7 Å². The van der Waals surface area contributed by atoms with Gasteiger partial charge in [-0.05, 0) is 31.2 Å². The molecule has 0 spiro atoms. The summed E-state index contributed by atoms with van der Waals surface area (Å²) in [6.45, 7) is 7.61. The first kappa shape index (κ1) is 22.1. The number of pyridine rings is 1. The van der Waals surface area contributed by atoms with Gasteiger partial charge in [0.25, 0.3) is 5.91 Å².